The molecule has 1 amide bonds. The Labute approximate surface area is 197 Å². The zero-order valence-electron chi connectivity index (χ0n) is 19.0. The van der Waals surface area contributed by atoms with Crippen LogP contribution in [0.1, 0.15) is 30.5 Å². The quantitative estimate of drug-likeness (QED) is 0.382. The Morgan fingerprint density at radius 2 is 2.00 bits per heavy atom. The SMILES string of the molecule is COc1ccc(F)cc1-c1ccnc2[nH]c(C3=CCC(C(=O)NCc4ccccc4)CC3)cc12. The second kappa shape index (κ2) is 9.51. The van der Waals surface area contributed by atoms with Crippen LogP contribution in [0.2, 0.25) is 0 Å². The molecule has 2 N–H and O–H groups in total. The largest absolute Gasteiger partial charge is 0.496 e. The van der Waals surface area contributed by atoms with Gasteiger partial charge in [-0.15, -0.1) is 0 Å². The fourth-order valence-corrected chi connectivity index (χ4v) is 4.57. The lowest BCUT2D eigenvalue weighted by Crippen LogP contribution is -2.31. The van der Waals surface area contributed by atoms with E-state index < -0.39 is 0 Å². The van der Waals surface area contributed by atoms with Crippen molar-refractivity contribution in [2.75, 3.05) is 7.11 Å². The molecule has 2 heterocycles. The van der Waals surface area contributed by atoms with E-state index in [0.29, 0.717) is 24.3 Å². The van der Waals surface area contributed by atoms with Crippen LogP contribution >= 0.6 is 0 Å². The van der Waals surface area contributed by atoms with Gasteiger partial charge in [0.25, 0.3) is 0 Å². The Morgan fingerprint density at radius 1 is 1.15 bits per heavy atom. The summed E-state index contributed by atoms with van der Waals surface area (Å²) in [5, 5.41) is 3.96. The van der Waals surface area contributed by atoms with Gasteiger partial charge >= 0.3 is 0 Å². The van der Waals surface area contributed by atoms with Crippen LogP contribution in [0, 0.1) is 11.7 Å². The molecule has 4 aromatic rings. The first-order valence-corrected chi connectivity index (χ1v) is 11.4. The average molecular weight is 456 g/mol. The summed E-state index contributed by atoms with van der Waals surface area (Å²) in [6, 6.07) is 18.4. The lowest BCUT2D eigenvalue weighted by molar-refractivity contribution is -0.125. The van der Waals surface area contributed by atoms with Crippen LogP contribution in [0.15, 0.2) is 72.9 Å². The first-order valence-electron chi connectivity index (χ1n) is 11.4. The third-order valence-corrected chi connectivity index (χ3v) is 6.42. The molecule has 5 rings (SSSR count). The highest BCUT2D eigenvalue weighted by Gasteiger charge is 2.23. The van der Waals surface area contributed by atoms with Gasteiger partial charge in [-0.1, -0.05) is 36.4 Å². The zero-order chi connectivity index (χ0) is 23.5. The van der Waals surface area contributed by atoms with Gasteiger partial charge in [0.2, 0.25) is 5.91 Å². The molecule has 1 aliphatic rings. The van der Waals surface area contributed by atoms with Crippen LogP contribution in [0.3, 0.4) is 0 Å². The molecular formula is C28H26FN3O2. The number of halogens is 1. The van der Waals surface area contributed by atoms with E-state index in [0.717, 1.165) is 40.7 Å². The molecular weight excluding hydrogens is 429 g/mol. The van der Waals surface area contributed by atoms with E-state index in [1.165, 1.54) is 17.7 Å². The standard InChI is InChI=1S/C28H26FN3O2/c1-34-26-12-11-21(29)15-23(26)22-13-14-30-27-24(22)16-25(32-27)19-7-9-20(10-8-19)28(33)31-17-18-5-3-2-4-6-18/h2-7,11-16,20H,8-10,17H2,1H3,(H,30,32)(H,31,33). The Kier molecular flexibility index (Phi) is 6.12. The molecule has 1 atom stereocenters. The normalized spacial score (nSPS) is 15.7. The minimum atomic E-state index is -0.317. The molecule has 172 valence electrons. The predicted molar refractivity (Wildman–Crippen MR) is 132 cm³/mol. The third-order valence-electron chi connectivity index (χ3n) is 6.42. The number of fused-ring (bicyclic) bond motifs is 1. The minimum Gasteiger partial charge on any atom is -0.496 e. The van der Waals surface area contributed by atoms with E-state index in [2.05, 4.69) is 27.4 Å². The Balaban J connectivity index is 1.35. The van der Waals surface area contributed by atoms with Gasteiger partial charge in [0.15, 0.2) is 0 Å². The number of methoxy groups -OCH3 is 1. The average Bonchev–Trinajstić information content (AvgIpc) is 3.32. The second-order valence-electron chi connectivity index (χ2n) is 8.55. The van der Waals surface area contributed by atoms with Gasteiger partial charge in [-0.05, 0) is 66.3 Å². The number of nitrogens with zero attached hydrogens (tertiary/aromatic N) is 1. The van der Waals surface area contributed by atoms with E-state index in [4.69, 9.17) is 4.74 Å². The Bertz CT molecular complexity index is 1360. The smallest absolute Gasteiger partial charge is 0.223 e. The summed E-state index contributed by atoms with van der Waals surface area (Å²) in [6.45, 7) is 0.548. The summed E-state index contributed by atoms with van der Waals surface area (Å²) in [6.07, 6.45) is 6.14. The molecule has 5 nitrogen and oxygen atoms in total. The number of benzene rings is 2. The summed E-state index contributed by atoms with van der Waals surface area (Å²) in [5.41, 5.74) is 5.53. The monoisotopic (exact) mass is 455 g/mol. The maximum Gasteiger partial charge on any atom is 0.223 e. The van der Waals surface area contributed by atoms with Crippen LogP contribution < -0.4 is 10.1 Å². The maximum atomic E-state index is 14.0. The summed E-state index contributed by atoms with van der Waals surface area (Å²) in [5.74, 6) is 0.362. The number of carbonyl (C=O) groups excluding carboxylic acids is 1. The number of pyridine rings is 1. The molecule has 2 aromatic heterocycles. The first-order chi connectivity index (χ1) is 16.6. The molecule has 0 aliphatic heterocycles. The summed E-state index contributed by atoms with van der Waals surface area (Å²) >= 11 is 0. The van der Waals surface area contributed by atoms with E-state index >= 15 is 0 Å². The van der Waals surface area contributed by atoms with Crippen LogP contribution in [0.5, 0.6) is 5.75 Å². The number of ether oxygens (including phenoxy) is 1. The highest BCUT2D eigenvalue weighted by atomic mass is 19.1. The highest BCUT2D eigenvalue weighted by Crippen LogP contribution is 2.37. The summed E-state index contributed by atoms with van der Waals surface area (Å²) in [7, 11) is 1.58. The van der Waals surface area contributed by atoms with Crippen molar-refractivity contribution in [1.29, 1.82) is 0 Å². The van der Waals surface area contributed by atoms with Crippen LogP contribution in [0.4, 0.5) is 4.39 Å². The number of amides is 1. The molecule has 1 aliphatic carbocycles. The number of aromatic amines is 1. The topological polar surface area (TPSA) is 67.0 Å². The minimum absolute atomic E-state index is 0.0259. The van der Waals surface area contributed by atoms with E-state index in [1.54, 1.807) is 19.4 Å². The van der Waals surface area contributed by atoms with Crippen molar-refractivity contribution in [3.8, 4) is 16.9 Å². The van der Waals surface area contributed by atoms with Gasteiger partial charge in [0.1, 0.15) is 17.2 Å². The Hall–Kier alpha value is -3.93. The number of hydrogen-bond donors (Lipinski definition) is 2. The van der Waals surface area contributed by atoms with Crippen LogP contribution in [-0.2, 0) is 11.3 Å². The maximum absolute atomic E-state index is 14.0. The van der Waals surface area contributed by atoms with Crippen molar-refractivity contribution in [3.05, 3.63) is 90.0 Å². The molecule has 0 saturated heterocycles. The molecule has 0 bridgehead atoms. The molecule has 0 saturated carbocycles. The fourth-order valence-electron chi connectivity index (χ4n) is 4.57. The molecule has 0 spiro atoms. The molecule has 34 heavy (non-hydrogen) atoms. The predicted octanol–water partition coefficient (Wildman–Crippen LogP) is 5.88. The van der Waals surface area contributed by atoms with E-state index in [-0.39, 0.29) is 17.6 Å². The van der Waals surface area contributed by atoms with Crippen LogP contribution in [0.25, 0.3) is 27.7 Å². The van der Waals surface area contributed by atoms with Crippen molar-refractivity contribution >= 4 is 22.5 Å². The number of allylic oxidation sites excluding steroid dienone is 2. The number of rotatable bonds is 6. The van der Waals surface area contributed by atoms with Crippen LogP contribution in [-0.4, -0.2) is 23.0 Å². The number of carbonyl (C=O) groups is 1. The first kappa shape index (κ1) is 21.9. The molecule has 2 aromatic carbocycles. The molecule has 1 unspecified atom stereocenters. The third kappa shape index (κ3) is 4.44. The molecule has 0 fully saturated rings. The lowest BCUT2D eigenvalue weighted by Gasteiger charge is -2.21. The van der Waals surface area contributed by atoms with Gasteiger partial charge in [0.05, 0.1) is 7.11 Å². The van der Waals surface area contributed by atoms with Crippen molar-refractivity contribution < 1.29 is 13.9 Å². The summed E-state index contributed by atoms with van der Waals surface area (Å²) in [4.78, 5) is 20.5. The summed E-state index contributed by atoms with van der Waals surface area (Å²) < 4.78 is 19.5. The van der Waals surface area contributed by atoms with Gasteiger partial charge in [-0.25, -0.2) is 9.37 Å². The van der Waals surface area contributed by atoms with Crippen molar-refractivity contribution in [1.82, 2.24) is 15.3 Å². The lowest BCUT2D eigenvalue weighted by atomic mass is 9.87. The van der Waals surface area contributed by atoms with Gasteiger partial charge in [-0.2, -0.15) is 0 Å². The van der Waals surface area contributed by atoms with Gasteiger partial charge < -0.3 is 15.0 Å². The van der Waals surface area contributed by atoms with E-state index in [1.807, 2.05) is 36.4 Å². The second-order valence-corrected chi connectivity index (χ2v) is 8.55. The van der Waals surface area contributed by atoms with Crippen molar-refractivity contribution in [2.45, 2.75) is 25.8 Å². The molecule has 6 heteroatoms. The van der Waals surface area contributed by atoms with Crippen molar-refractivity contribution in [3.63, 3.8) is 0 Å². The van der Waals surface area contributed by atoms with Crippen molar-refractivity contribution in [2.24, 2.45) is 5.92 Å². The number of hydrogen-bond acceptors (Lipinski definition) is 3. The highest BCUT2D eigenvalue weighted by molar-refractivity contribution is 5.96. The Morgan fingerprint density at radius 3 is 2.76 bits per heavy atom. The fraction of sp³-hybridized carbons (Fsp3) is 0.214. The number of nitrogens with one attached hydrogen (secondary N) is 2. The zero-order valence-corrected chi connectivity index (χ0v) is 19.0. The van der Waals surface area contributed by atoms with Gasteiger partial charge in [0, 0.05) is 35.3 Å². The van der Waals surface area contributed by atoms with Gasteiger partial charge in [-0.3, -0.25) is 4.79 Å². The van der Waals surface area contributed by atoms with E-state index in [9.17, 15) is 9.18 Å². The number of aromatic nitrogens is 2. The molecule has 0 radical (unpaired) electrons. The number of H-pyrrole nitrogens is 1.